The van der Waals surface area contributed by atoms with E-state index in [2.05, 4.69) is 31.3 Å². The van der Waals surface area contributed by atoms with Crippen LogP contribution in [0.1, 0.15) is 29.4 Å². The van der Waals surface area contributed by atoms with Crippen molar-refractivity contribution in [1.82, 2.24) is 24.6 Å². The molecule has 2 aromatic carbocycles. The largest absolute Gasteiger partial charge is 0.573 e. The second-order valence-electron chi connectivity index (χ2n) is 8.37. The van der Waals surface area contributed by atoms with Crippen LogP contribution in [-0.4, -0.2) is 44.1 Å². The van der Waals surface area contributed by atoms with Crippen molar-refractivity contribution in [3.8, 4) is 5.75 Å². The second kappa shape index (κ2) is 8.94. The first-order valence-corrected chi connectivity index (χ1v) is 11.1. The van der Waals surface area contributed by atoms with E-state index < -0.39 is 11.9 Å². The number of H-pyrrole nitrogens is 1. The zero-order chi connectivity index (χ0) is 24.6. The first kappa shape index (κ1) is 22.7. The molecule has 10 heteroatoms. The van der Waals surface area contributed by atoms with Crippen LogP contribution in [0.2, 0.25) is 0 Å². The fraction of sp³-hybridized carbons (Fsp3) is 0.240. The number of halogens is 3. The van der Waals surface area contributed by atoms with E-state index in [0.717, 1.165) is 24.2 Å². The molecule has 3 heterocycles. The molecule has 5 rings (SSSR count). The van der Waals surface area contributed by atoms with Crippen LogP contribution in [0.15, 0.2) is 72.2 Å². The number of rotatable bonds is 6. The molecule has 2 aromatic heterocycles. The van der Waals surface area contributed by atoms with Crippen molar-refractivity contribution in [2.24, 2.45) is 0 Å². The Morgan fingerprint density at radius 1 is 1.14 bits per heavy atom. The summed E-state index contributed by atoms with van der Waals surface area (Å²) in [6.45, 7) is 5.65. The number of para-hydroxylation sites is 1. The predicted octanol–water partition coefficient (Wildman–Crippen LogP) is 4.53. The van der Waals surface area contributed by atoms with Crippen LogP contribution in [0.5, 0.6) is 5.75 Å². The Bertz CT molecular complexity index is 1430. The van der Waals surface area contributed by atoms with Crippen molar-refractivity contribution >= 4 is 16.7 Å². The van der Waals surface area contributed by atoms with Gasteiger partial charge in [0.2, 0.25) is 0 Å². The smallest absolute Gasteiger partial charge is 0.405 e. The van der Waals surface area contributed by atoms with Gasteiger partial charge >= 0.3 is 6.36 Å². The van der Waals surface area contributed by atoms with Crippen molar-refractivity contribution in [2.45, 2.75) is 25.2 Å². The maximum atomic E-state index is 12.8. The number of nitrogens with one attached hydrogen (secondary N) is 1. The maximum absolute atomic E-state index is 12.8. The molecule has 1 unspecified atom stereocenters. The molecule has 0 aliphatic carbocycles. The van der Waals surface area contributed by atoms with E-state index in [1.807, 2.05) is 30.3 Å². The number of aromatic nitrogens is 4. The maximum Gasteiger partial charge on any atom is 0.573 e. The standard InChI is InChI=1S/C25H22F3N5O2/c1-16(17-7-3-2-4-8-17)32-12-11-19(15-32)33-23-20(14-29-33)24(34)31-22(30-23)13-18-9-5-6-10-21(18)35-25(26,27)28/h2-10,14,19H,1,11-13,15H2,(H,30,31,34). The minimum atomic E-state index is -4.82. The summed E-state index contributed by atoms with van der Waals surface area (Å²) in [7, 11) is 0. The van der Waals surface area contributed by atoms with E-state index in [1.54, 1.807) is 10.7 Å². The van der Waals surface area contributed by atoms with E-state index in [0.29, 0.717) is 17.6 Å². The number of hydrogen-bond donors (Lipinski definition) is 1. The van der Waals surface area contributed by atoms with Gasteiger partial charge in [-0.05, 0) is 18.1 Å². The SMILES string of the molecule is C=C(c1ccccc1)N1CCC(n2ncc3c(=O)[nH]c(Cc4ccccc4OC(F)(F)F)nc32)C1. The van der Waals surface area contributed by atoms with Crippen LogP contribution in [0, 0.1) is 0 Å². The van der Waals surface area contributed by atoms with Gasteiger partial charge in [0.05, 0.1) is 12.2 Å². The molecule has 1 aliphatic heterocycles. The lowest BCUT2D eigenvalue weighted by atomic mass is 10.1. The summed E-state index contributed by atoms with van der Waals surface area (Å²) in [5, 5.41) is 4.75. The fourth-order valence-corrected chi connectivity index (χ4v) is 4.39. The van der Waals surface area contributed by atoms with Crippen molar-refractivity contribution in [2.75, 3.05) is 13.1 Å². The van der Waals surface area contributed by atoms with Gasteiger partial charge in [0.1, 0.15) is 17.0 Å². The van der Waals surface area contributed by atoms with E-state index in [9.17, 15) is 18.0 Å². The summed E-state index contributed by atoms with van der Waals surface area (Å²) < 4.78 is 44.2. The summed E-state index contributed by atoms with van der Waals surface area (Å²) in [5.74, 6) is -0.104. The van der Waals surface area contributed by atoms with Gasteiger partial charge in [-0.25, -0.2) is 9.67 Å². The van der Waals surface area contributed by atoms with E-state index in [-0.39, 0.29) is 29.6 Å². The number of benzene rings is 2. The number of nitrogens with zero attached hydrogens (tertiary/aromatic N) is 4. The van der Waals surface area contributed by atoms with Crippen LogP contribution >= 0.6 is 0 Å². The molecule has 0 radical (unpaired) electrons. The highest BCUT2D eigenvalue weighted by atomic mass is 19.4. The number of hydrogen-bond acceptors (Lipinski definition) is 5. The monoisotopic (exact) mass is 481 g/mol. The summed E-state index contributed by atoms with van der Waals surface area (Å²) in [5.41, 5.74) is 2.21. The van der Waals surface area contributed by atoms with E-state index in [4.69, 9.17) is 0 Å². The molecule has 1 fully saturated rings. The summed E-state index contributed by atoms with van der Waals surface area (Å²) in [4.78, 5) is 22.1. The third kappa shape index (κ3) is 4.77. The van der Waals surface area contributed by atoms with Gasteiger partial charge in [0, 0.05) is 30.8 Å². The number of alkyl halides is 3. The number of fused-ring (bicyclic) bond motifs is 1. The molecule has 1 atom stereocenters. The Morgan fingerprint density at radius 3 is 2.66 bits per heavy atom. The van der Waals surface area contributed by atoms with Crippen molar-refractivity contribution < 1.29 is 17.9 Å². The lowest BCUT2D eigenvalue weighted by Gasteiger charge is -2.21. The molecule has 35 heavy (non-hydrogen) atoms. The molecular weight excluding hydrogens is 459 g/mol. The molecule has 1 N–H and O–H groups in total. The van der Waals surface area contributed by atoms with E-state index in [1.165, 1.54) is 24.4 Å². The van der Waals surface area contributed by atoms with Gasteiger partial charge in [0.25, 0.3) is 5.56 Å². The molecule has 1 aliphatic rings. The van der Waals surface area contributed by atoms with E-state index >= 15 is 0 Å². The van der Waals surface area contributed by atoms with Gasteiger partial charge in [0.15, 0.2) is 5.65 Å². The Labute approximate surface area is 198 Å². The van der Waals surface area contributed by atoms with Crippen LogP contribution < -0.4 is 10.3 Å². The molecular formula is C25H22F3N5O2. The lowest BCUT2D eigenvalue weighted by Crippen LogP contribution is -2.21. The quantitative estimate of drug-likeness (QED) is 0.438. The van der Waals surface area contributed by atoms with Gasteiger partial charge < -0.3 is 14.6 Å². The predicted molar refractivity (Wildman–Crippen MR) is 125 cm³/mol. The van der Waals surface area contributed by atoms with Gasteiger partial charge in [-0.2, -0.15) is 5.10 Å². The fourth-order valence-electron chi connectivity index (χ4n) is 4.39. The Balaban J connectivity index is 1.41. The van der Waals surface area contributed by atoms with Crippen molar-refractivity contribution in [1.29, 1.82) is 0 Å². The highest BCUT2D eigenvalue weighted by Gasteiger charge is 2.32. The highest BCUT2D eigenvalue weighted by molar-refractivity contribution is 5.73. The zero-order valence-electron chi connectivity index (χ0n) is 18.6. The van der Waals surface area contributed by atoms with Gasteiger partial charge in [-0.1, -0.05) is 55.1 Å². The van der Waals surface area contributed by atoms with Crippen molar-refractivity contribution in [3.05, 3.63) is 94.7 Å². The molecule has 0 amide bonds. The number of ether oxygens (including phenoxy) is 1. The van der Waals surface area contributed by atoms with Gasteiger partial charge in [-0.3, -0.25) is 4.79 Å². The Kier molecular flexibility index (Phi) is 5.80. The second-order valence-corrected chi connectivity index (χ2v) is 8.37. The van der Waals surface area contributed by atoms with Crippen LogP contribution in [0.25, 0.3) is 16.7 Å². The summed E-state index contributed by atoms with van der Waals surface area (Å²) in [6, 6.07) is 15.7. The first-order valence-electron chi connectivity index (χ1n) is 11.1. The molecule has 4 aromatic rings. The summed E-state index contributed by atoms with van der Waals surface area (Å²) in [6.07, 6.45) is -2.60. The zero-order valence-corrected chi connectivity index (χ0v) is 18.6. The first-order chi connectivity index (χ1) is 16.8. The topological polar surface area (TPSA) is 76.0 Å². The van der Waals surface area contributed by atoms with Crippen LogP contribution in [0.3, 0.4) is 0 Å². The number of likely N-dealkylation sites (tertiary alicyclic amines) is 1. The molecule has 1 saturated heterocycles. The molecule has 0 spiro atoms. The van der Waals surface area contributed by atoms with Crippen molar-refractivity contribution in [3.63, 3.8) is 0 Å². The normalized spacial score (nSPS) is 16.1. The third-order valence-electron chi connectivity index (χ3n) is 6.07. The van der Waals surface area contributed by atoms with Gasteiger partial charge in [-0.15, -0.1) is 13.2 Å². The average molecular weight is 481 g/mol. The highest BCUT2D eigenvalue weighted by Crippen LogP contribution is 2.30. The molecule has 7 nitrogen and oxygen atoms in total. The number of aromatic amines is 1. The van der Waals surface area contributed by atoms with Crippen LogP contribution in [-0.2, 0) is 6.42 Å². The summed E-state index contributed by atoms with van der Waals surface area (Å²) >= 11 is 0. The molecule has 0 saturated carbocycles. The third-order valence-corrected chi connectivity index (χ3v) is 6.07. The minimum Gasteiger partial charge on any atom is -0.405 e. The minimum absolute atomic E-state index is 0.0315. The lowest BCUT2D eigenvalue weighted by molar-refractivity contribution is -0.274. The Hall–Kier alpha value is -4.08. The molecule has 0 bridgehead atoms. The molecule has 180 valence electrons. The Morgan fingerprint density at radius 2 is 1.89 bits per heavy atom. The average Bonchev–Trinajstić information content (AvgIpc) is 3.47. The van der Waals surface area contributed by atoms with Crippen LogP contribution in [0.4, 0.5) is 13.2 Å².